The first-order valence-corrected chi connectivity index (χ1v) is 16.1. The third-order valence-electron chi connectivity index (χ3n) is 7.38. The Morgan fingerprint density at radius 3 is 1.87 bits per heavy atom. The maximum absolute atomic E-state index is 13.1. The van der Waals surface area contributed by atoms with Crippen LogP contribution in [0, 0.1) is 13.8 Å². The maximum Gasteiger partial charge on any atom is 0.349 e. The summed E-state index contributed by atoms with van der Waals surface area (Å²) in [6, 6.07) is 3.56. The number of esters is 4. The molecular formula is C33H44N4O10. The van der Waals surface area contributed by atoms with Gasteiger partial charge in [0, 0.05) is 25.7 Å². The number of nitrogens with one attached hydrogen (secondary N) is 1. The van der Waals surface area contributed by atoms with Crippen molar-refractivity contribution in [2.45, 2.75) is 118 Å². The third-order valence-corrected chi connectivity index (χ3v) is 7.38. The monoisotopic (exact) mass is 656 g/mol. The minimum Gasteiger partial charge on any atom is -0.462 e. The van der Waals surface area contributed by atoms with Crippen molar-refractivity contribution in [1.29, 1.82) is 0 Å². The number of aromatic nitrogens is 4. The van der Waals surface area contributed by atoms with Gasteiger partial charge in [0.25, 0.3) is 5.56 Å². The fraction of sp³-hybridized carbons (Fsp3) is 0.576. The van der Waals surface area contributed by atoms with Gasteiger partial charge < -0.3 is 23.5 Å². The van der Waals surface area contributed by atoms with Crippen LogP contribution in [0.1, 0.15) is 90.2 Å². The van der Waals surface area contributed by atoms with Crippen molar-refractivity contribution < 1.29 is 38.1 Å². The quantitative estimate of drug-likeness (QED) is 0.126. The highest BCUT2D eigenvalue weighted by atomic mass is 16.6. The molecule has 0 fully saturated rings. The lowest BCUT2D eigenvalue weighted by molar-refractivity contribution is -0.193. The zero-order chi connectivity index (χ0) is 34.7. The van der Waals surface area contributed by atoms with E-state index >= 15 is 0 Å². The SMILES string of the molecule is CCCC(=O)OC[C@H](OC(=O)CCC)[C@H](OC(=O)CCC)[C@H](Cn1c2nc(=O)[nH]c(=O)c-2nc2cc(C)c(C)cc21)OC(=O)CCC. The second-order valence-electron chi connectivity index (χ2n) is 11.4. The Kier molecular flexibility index (Phi) is 13.6. The number of carbonyl (C=O) groups excluding carboxylic acids is 4. The van der Waals surface area contributed by atoms with Crippen LogP contribution in [-0.2, 0) is 44.7 Å². The zero-order valence-corrected chi connectivity index (χ0v) is 27.9. The van der Waals surface area contributed by atoms with Crippen molar-refractivity contribution in [2.24, 2.45) is 0 Å². The summed E-state index contributed by atoms with van der Waals surface area (Å²) in [6.45, 7) is 10.1. The van der Waals surface area contributed by atoms with Gasteiger partial charge in [0.2, 0.25) is 0 Å². The van der Waals surface area contributed by atoms with Crippen molar-refractivity contribution in [3.63, 3.8) is 0 Å². The fourth-order valence-electron chi connectivity index (χ4n) is 4.94. The highest BCUT2D eigenvalue weighted by Gasteiger charge is 2.40. The number of hydrogen-bond donors (Lipinski definition) is 1. The molecule has 0 aromatic heterocycles. The number of nitrogens with zero attached hydrogens (tertiary/aromatic N) is 3. The summed E-state index contributed by atoms with van der Waals surface area (Å²) in [7, 11) is 0. The van der Waals surface area contributed by atoms with Crippen LogP contribution in [0.15, 0.2) is 21.7 Å². The Hall–Kier alpha value is -4.62. The normalized spacial score (nSPS) is 13.1. The Morgan fingerprint density at radius 2 is 1.28 bits per heavy atom. The van der Waals surface area contributed by atoms with Gasteiger partial charge in [-0.15, -0.1) is 0 Å². The van der Waals surface area contributed by atoms with Gasteiger partial charge in [-0.25, -0.2) is 9.78 Å². The van der Waals surface area contributed by atoms with Crippen molar-refractivity contribution in [1.82, 2.24) is 19.5 Å². The Balaban J connectivity index is 2.28. The highest BCUT2D eigenvalue weighted by molar-refractivity contribution is 5.81. The van der Waals surface area contributed by atoms with Gasteiger partial charge in [-0.1, -0.05) is 27.7 Å². The Bertz CT molecular complexity index is 1660. The van der Waals surface area contributed by atoms with Gasteiger partial charge >= 0.3 is 29.6 Å². The molecule has 3 rings (SSSR count). The zero-order valence-electron chi connectivity index (χ0n) is 27.9. The molecule has 0 amide bonds. The van der Waals surface area contributed by atoms with Crippen LogP contribution in [0.5, 0.6) is 0 Å². The van der Waals surface area contributed by atoms with Crippen molar-refractivity contribution in [3.8, 4) is 11.5 Å². The average molecular weight is 657 g/mol. The van der Waals surface area contributed by atoms with Crippen LogP contribution >= 0.6 is 0 Å². The summed E-state index contributed by atoms with van der Waals surface area (Å²) in [5, 5.41) is 0. The minimum absolute atomic E-state index is 0.000577. The van der Waals surface area contributed by atoms with E-state index < -0.39 is 60.0 Å². The van der Waals surface area contributed by atoms with Crippen LogP contribution in [0.4, 0.5) is 0 Å². The first-order valence-electron chi connectivity index (χ1n) is 16.1. The number of H-pyrrole nitrogens is 1. The fourth-order valence-corrected chi connectivity index (χ4v) is 4.94. The molecule has 14 heteroatoms. The number of rotatable bonds is 17. The molecule has 3 atom stereocenters. The molecule has 2 aliphatic heterocycles. The molecule has 1 aromatic carbocycles. The molecule has 1 aromatic rings. The molecule has 1 N–H and O–H groups in total. The van der Waals surface area contributed by atoms with Gasteiger partial charge in [0.1, 0.15) is 6.61 Å². The van der Waals surface area contributed by atoms with E-state index in [2.05, 4.69) is 15.0 Å². The highest BCUT2D eigenvalue weighted by Crippen LogP contribution is 2.27. The van der Waals surface area contributed by atoms with E-state index in [0.717, 1.165) is 11.1 Å². The molecule has 0 saturated heterocycles. The summed E-state index contributed by atoms with van der Waals surface area (Å²) in [5.41, 5.74) is 0.757. The van der Waals surface area contributed by atoms with Crippen molar-refractivity contribution in [2.75, 3.05) is 6.61 Å². The van der Waals surface area contributed by atoms with Crippen LogP contribution in [0.25, 0.3) is 22.6 Å². The number of fused-ring (bicyclic) bond motifs is 2. The van der Waals surface area contributed by atoms with Crippen LogP contribution in [0.3, 0.4) is 0 Å². The molecule has 2 aliphatic rings. The second-order valence-corrected chi connectivity index (χ2v) is 11.4. The number of benzene rings is 1. The van der Waals surface area contributed by atoms with Gasteiger partial charge in [-0.05, 0) is 62.8 Å². The predicted molar refractivity (Wildman–Crippen MR) is 171 cm³/mol. The topological polar surface area (TPSA) is 186 Å². The lowest BCUT2D eigenvalue weighted by Gasteiger charge is -2.33. The number of aryl methyl sites for hydroxylation is 2. The molecular weight excluding hydrogens is 612 g/mol. The van der Waals surface area contributed by atoms with Gasteiger partial charge in [0.05, 0.1) is 17.6 Å². The molecule has 2 heterocycles. The molecule has 256 valence electrons. The van der Waals surface area contributed by atoms with E-state index in [9.17, 15) is 28.8 Å². The van der Waals surface area contributed by atoms with E-state index in [-0.39, 0.29) is 43.7 Å². The van der Waals surface area contributed by atoms with E-state index in [1.165, 1.54) is 4.57 Å². The second kappa shape index (κ2) is 17.3. The molecule has 0 spiro atoms. The molecule has 0 aliphatic carbocycles. The first-order chi connectivity index (χ1) is 22.4. The van der Waals surface area contributed by atoms with Crippen molar-refractivity contribution >= 4 is 34.9 Å². The van der Waals surface area contributed by atoms with E-state index in [1.807, 2.05) is 13.8 Å². The lowest BCUT2D eigenvalue weighted by Crippen LogP contribution is -2.49. The van der Waals surface area contributed by atoms with Crippen LogP contribution < -0.4 is 11.2 Å². The number of aromatic amines is 1. The minimum atomic E-state index is -1.46. The Morgan fingerprint density at radius 1 is 0.745 bits per heavy atom. The van der Waals surface area contributed by atoms with Gasteiger partial charge in [-0.2, -0.15) is 4.98 Å². The maximum atomic E-state index is 13.1. The summed E-state index contributed by atoms with van der Waals surface area (Å²) in [4.78, 5) is 87.4. The standard InChI is InChI=1S/C33H44N4O10/c1-7-11-25(38)44-18-24(46-27(40)13-9-3)30(47-28(41)14-10-4)23(45-26(39)12-8-2)17-37-22-16-20(6)19(5)15-21(22)34-29-31(37)35-33(43)36-32(29)42/h15-16,23-24,30H,7-14,17-18H2,1-6H3,(H,36,42,43)/t23-,24-,30+/m0/s1. The molecule has 0 unspecified atom stereocenters. The number of carbonyl (C=O) groups is 4. The summed E-state index contributed by atoms with van der Waals surface area (Å²) < 4.78 is 24.5. The van der Waals surface area contributed by atoms with Crippen molar-refractivity contribution in [3.05, 3.63) is 44.1 Å². The van der Waals surface area contributed by atoms with Crippen LogP contribution in [-0.4, -0.2) is 68.3 Å². The van der Waals surface area contributed by atoms with Gasteiger partial charge in [0.15, 0.2) is 29.8 Å². The summed E-state index contributed by atoms with van der Waals surface area (Å²) in [5.74, 6) is -2.59. The lowest BCUT2D eigenvalue weighted by atomic mass is 10.0. The predicted octanol–water partition coefficient (Wildman–Crippen LogP) is 3.68. The van der Waals surface area contributed by atoms with E-state index in [4.69, 9.17) is 18.9 Å². The average Bonchev–Trinajstić information content (AvgIpc) is 2.99. The smallest absolute Gasteiger partial charge is 0.349 e. The van der Waals surface area contributed by atoms with E-state index in [0.29, 0.717) is 36.7 Å². The molecule has 0 radical (unpaired) electrons. The number of ether oxygens (including phenoxy) is 4. The van der Waals surface area contributed by atoms with Gasteiger partial charge in [-0.3, -0.25) is 29.0 Å². The third kappa shape index (κ3) is 9.93. The molecule has 14 nitrogen and oxygen atoms in total. The first kappa shape index (κ1) is 36.8. The molecule has 0 bridgehead atoms. The van der Waals surface area contributed by atoms with Crippen LogP contribution in [0.2, 0.25) is 0 Å². The molecule has 47 heavy (non-hydrogen) atoms. The number of hydrogen-bond acceptors (Lipinski definition) is 12. The Labute approximate surface area is 272 Å². The van der Waals surface area contributed by atoms with E-state index in [1.54, 1.807) is 39.8 Å². The largest absolute Gasteiger partial charge is 0.462 e. The summed E-state index contributed by atoms with van der Waals surface area (Å²) in [6.07, 6.45) is -2.20. The summed E-state index contributed by atoms with van der Waals surface area (Å²) >= 11 is 0. The molecule has 0 saturated carbocycles.